The lowest BCUT2D eigenvalue weighted by Crippen LogP contribution is -2.00. The first-order chi connectivity index (χ1) is 11.3. The molecule has 1 aliphatic carbocycles. The fourth-order valence-electron chi connectivity index (χ4n) is 2.69. The van der Waals surface area contributed by atoms with Crippen LogP contribution in [0, 0.1) is 0 Å². The van der Waals surface area contributed by atoms with Crippen LogP contribution in [0.3, 0.4) is 0 Å². The van der Waals surface area contributed by atoms with Crippen LogP contribution in [0.5, 0.6) is 0 Å². The smallest absolute Gasteiger partial charge is 0.337 e. The molecule has 1 saturated carbocycles. The Labute approximate surface area is 132 Å². The van der Waals surface area contributed by atoms with Gasteiger partial charge in [0.05, 0.1) is 18.9 Å². The molecule has 0 bridgehead atoms. The molecule has 6 heteroatoms. The van der Waals surface area contributed by atoms with Crippen molar-refractivity contribution in [2.45, 2.75) is 18.3 Å². The number of carbonyl (C=O) groups excluding carboxylic acids is 1. The minimum Gasteiger partial charge on any atom is -0.469 e. The summed E-state index contributed by atoms with van der Waals surface area (Å²) in [6.07, 6.45) is 2.61. The van der Waals surface area contributed by atoms with Crippen LogP contribution in [-0.2, 0) is 4.74 Å². The van der Waals surface area contributed by atoms with Crippen LogP contribution >= 0.6 is 0 Å². The largest absolute Gasteiger partial charge is 0.469 e. The highest BCUT2D eigenvalue weighted by Crippen LogP contribution is 2.54. The van der Waals surface area contributed by atoms with Gasteiger partial charge in [-0.25, -0.2) is 4.79 Å². The van der Waals surface area contributed by atoms with E-state index in [1.54, 1.807) is 24.5 Å². The van der Waals surface area contributed by atoms with Gasteiger partial charge in [0.2, 0.25) is 11.7 Å². The Bertz CT molecular complexity index is 838. The Morgan fingerprint density at radius 3 is 2.96 bits per heavy atom. The molecule has 116 valence electrons. The number of ether oxygens (including phenoxy) is 1. The second-order valence-corrected chi connectivity index (χ2v) is 5.49. The van der Waals surface area contributed by atoms with Gasteiger partial charge in [-0.15, -0.1) is 0 Å². The standard InChI is InChI=1S/C17H14N2O4/c1-21-17(20)11-5-2-4-10(8-11)15-18-16(23-19-15)13-9-12(13)14-6-3-7-22-14/h2-8,12-13H,9H2,1H3/t12-,13-/m0/s1. The Balaban J connectivity index is 1.56. The second-order valence-electron chi connectivity index (χ2n) is 5.49. The monoisotopic (exact) mass is 310 g/mol. The van der Waals surface area contributed by atoms with Gasteiger partial charge in [0.1, 0.15) is 5.76 Å². The number of esters is 1. The summed E-state index contributed by atoms with van der Waals surface area (Å²) in [4.78, 5) is 16.1. The van der Waals surface area contributed by atoms with Gasteiger partial charge in [0.15, 0.2) is 0 Å². The highest BCUT2D eigenvalue weighted by atomic mass is 16.5. The van der Waals surface area contributed by atoms with Gasteiger partial charge < -0.3 is 13.7 Å². The molecule has 1 aromatic carbocycles. The molecule has 3 aromatic rings. The maximum atomic E-state index is 11.6. The molecule has 0 radical (unpaired) electrons. The third kappa shape index (κ3) is 2.52. The fourth-order valence-corrected chi connectivity index (χ4v) is 2.69. The fraction of sp³-hybridized carbons (Fsp3) is 0.235. The van der Waals surface area contributed by atoms with Crippen molar-refractivity contribution in [1.82, 2.24) is 10.1 Å². The average molecular weight is 310 g/mol. The minimum atomic E-state index is -0.393. The molecular formula is C17H14N2O4. The van der Waals surface area contributed by atoms with Gasteiger partial charge in [-0.3, -0.25) is 0 Å². The number of hydrogen-bond donors (Lipinski definition) is 0. The molecule has 1 aliphatic rings. The number of rotatable bonds is 4. The number of furan rings is 1. The van der Waals surface area contributed by atoms with E-state index < -0.39 is 5.97 Å². The Hall–Kier alpha value is -2.89. The highest BCUT2D eigenvalue weighted by molar-refractivity contribution is 5.90. The van der Waals surface area contributed by atoms with E-state index in [-0.39, 0.29) is 5.92 Å². The number of nitrogens with zero attached hydrogens (tertiary/aromatic N) is 2. The molecule has 0 N–H and O–H groups in total. The van der Waals surface area contributed by atoms with E-state index in [4.69, 9.17) is 13.7 Å². The minimum absolute atomic E-state index is 0.200. The first-order valence-electron chi connectivity index (χ1n) is 7.32. The van der Waals surface area contributed by atoms with Crippen molar-refractivity contribution in [2.75, 3.05) is 7.11 Å². The number of benzene rings is 1. The van der Waals surface area contributed by atoms with E-state index in [9.17, 15) is 4.79 Å². The summed E-state index contributed by atoms with van der Waals surface area (Å²) in [5.41, 5.74) is 1.18. The van der Waals surface area contributed by atoms with Crippen molar-refractivity contribution < 1.29 is 18.5 Å². The maximum absolute atomic E-state index is 11.6. The van der Waals surface area contributed by atoms with Crippen LogP contribution in [0.1, 0.15) is 40.3 Å². The van der Waals surface area contributed by atoms with E-state index in [1.165, 1.54) is 7.11 Å². The predicted molar refractivity (Wildman–Crippen MR) is 79.9 cm³/mol. The summed E-state index contributed by atoms with van der Waals surface area (Å²) in [5, 5.41) is 4.02. The molecule has 2 heterocycles. The molecule has 2 aromatic heterocycles. The third-order valence-corrected chi connectivity index (χ3v) is 4.00. The summed E-state index contributed by atoms with van der Waals surface area (Å²) in [7, 11) is 1.35. The summed E-state index contributed by atoms with van der Waals surface area (Å²) in [6.45, 7) is 0. The van der Waals surface area contributed by atoms with Crippen molar-refractivity contribution in [3.63, 3.8) is 0 Å². The van der Waals surface area contributed by atoms with E-state index in [0.29, 0.717) is 23.2 Å². The molecule has 1 fully saturated rings. The number of methoxy groups -OCH3 is 1. The van der Waals surface area contributed by atoms with Crippen molar-refractivity contribution >= 4 is 5.97 Å². The Kier molecular flexibility index (Phi) is 3.22. The zero-order valence-corrected chi connectivity index (χ0v) is 12.4. The second kappa shape index (κ2) is 5.39. The van der Waals surface area contributed by atoms with Gasteiger partial charge in [0.25, 0.3) is 0 Å². The molecule has 0 saturated heterocycles. The molecule has 6 nitrogen and oxygen atoms in total. The predicted octanol–water partition coefficient (Wildman–Crippen LogP) is 3.39. The number of hydrogen-bond acceptors (Lipinski definition) is 6. The first kappa shape index (κ1) is 13.8. The summed E-state index contributed by atoms with van der Waals surface area (Å²) in [6, 6.07) is 10.8. The average Bonchev–Trinajstić information content (AvgIpc) is 3.04. The lowest BCUT2D eigenvalue weighted by molar-refractivity contribution is 0.0601. The summed E-state index contributed by atoms with van der Waals surface area (Å²) >= 11 is 0. The third-order valence-electron chi connectivity index (χ3n) is 4.00. The van der Waals surface area contributed by atoms with Crippen LogP contribution in [0.15, 0.2) is 51.6 Å². The van der Waals surface area contributed by atoms with Crippen LogP contribution in [0.2, 0.25) is 0 Å². The summed E-state index contributed by atoms with van der Waals surface area (Å²) < 4.78 is 15.5. The number of carbonyl (C=O) groups is 1. The zero-order valence-electron chi connectivity index (χ0n) is 12.4. The highest BCUT2D eigenvalue weighted by Gasteiger charge is 2.45. The van der Waals surface area contributed by atoms with Crippen molar-refractivity contribution in [2.24, 2.45) is 0 Å². The maximum Gasteiger partial charge on any atom is 0.337 e. The van der Waals surface area contributed by atoms with Crippen LogP contribution in [0.4, 0.5) is 0 Å². The lowest BCUT2D eigenvalue weighted by Gasteiger charge is -2.00. The molecule has 2 atom stereocenters. The van der Waals surface area contributed by atoms with Crippen molar-refractivity contribution in [3.05, 3.63) is 59.9 Å². The summed E-state index contributed by atoms with van der Waals surface area (Å²) in [5.74, 6) is 2.13. The van der Waals surface area contributed by atoms with E-state index in [2.05, 4.69) is 10.1 Å². The number of aromatic nitrogens is 2. The Morgan fingerprint density at radius 2 is 2.17 bits per heavy atom. The van der Waals surface area contributed by atoms with E-state index in [0.717, 1.165) is 17.7 Å². The molecule has 0 aliphatic heterocycles. The van der Waals surface area contributed by atoms with Gasteiger partial charge in [-0.05, 0) is 30.7 Å². The topological polar surface area (TPSA) is 78.4 Å². The van der Waals surface area contributed by atoms with Crippen LogP contribution in [-0.4, -0.2) is 23.2 Å². The molecule has 0 unspecified atom stereocenters. The Morgan fingerprint density at radius 1 is 1.26 bits per heavy atom. The van der Waals surface area contributed by atoms with Crippen molar-refractivity contribution in [1.29, 1.82) is 0 Å². The van der Waals surface area contributed by atoms with E-state index >= 15 is 0 Å². The van der Waals surface area contributed by atoms with Gasteiger partial charge in [-0.2, -0.15) is 4.98 Å². The van der Waals surface area contributed by atoms with Crippen molar-refractivity contribution in [3.8, 4) is 11.4 Å². The SMILES string of the molecule is COC(=O)c1cccc(-c2noc([C@H]3C[C@@H]3c3ccco3)n2)c1. The van der Waals surface area contributed by atoms with Gasteiger partial charge in [-0.1, -0.05) is 17.3 Å². The lowest BCUT2D eigenvalue weighted by atomic mass is 10.1. The normalized spacial score (nSPS) is 19.5. The van der Waals surface area contributed by atoms with Crippen LogP contribution in [0.25, 0.3) is 11.4 Å². The molecule has 4 rings (SSSR count). The van der Waals surface area contributed by atoms with Gasteiger partial charge in [0, 0.05) is 17.4 Å². The van der Waals surface area contributed by atoms with Gasteiger partial charge >= 0.3 is 5.97 Å². The first-order valence-corrected chi connectivity index (χ1v) is 7.32. The molecular weight excluding hydrogens is 296 g/mol. The molecule has 0 spiro atoms. The quantitative estimate of drug-likeness (QED) is 0.687. The van der Waals surface area contributed by atoms with Crippen LogP contribution < -0.4 is 0 Å². The molecule has 23 heavy (non-hydrogen) atoms. The zero-order chi connectivity index (χ0) is 15.8. The van der Waals surface area contributed by atoms with E-state index in [1.807, 2.05) is 18.2 Å². The molecule has 0 amide bonds.